The Labute approximate surface area is 182 Å². The number of hydrogen-bond acceptors (Lipinski definition) is 5. The Kier molecular flexibility index (Phi) is 6.08. The molecule has 0 aromatic carbocycles. The van der Waals surface area contributed by atoms with Crippen molar-refractivity contribution in [1.82, 2.24) is 25.3 Å². The number of rotatable bonds is 6. The van der Waals surface area contributed by atoms with Gasteiger partial charge in [-0.1, -0.05) is 25.4 Å². The number of anilines is 1. The summed E-state index contributed by atoms with van der Waals surface area (Å²) in [5, 5.41) is 5.47. The minimum Gasteiger partial charge on any atom is -0.353 e. The van der Waals surface area contributed by atoms with E-state index < -0.39 is 35.9 Å². The SMILES string of the molecule is CC(C)[C@](C)(Nc1nc(-c2c[nH]c3ncc(Cl)cc23)ncc1F)C(=O)NCC(F)(F)F.[HH].[HH]. The van der Waals surface area contributed by atoms with Crippen molar-refractivity contribution in [3.63, 3.8) is 0 Å². The van der Waals surface area contributed by atoms with Gasteiger partial charge in [0.25, 0.3) is 0 Å². The van der Waals surface area contributed by atoms with Gasteiger partial charge in [0.15, 0.2) is 17.5 Å². The van der Waals surface area contributed by atoms with Gasteiger partial charge in [-0.3, -0.25) is 4.79 Å². The van der Waals surface area contributed by atoms with Crippen LogP contribution in [0.1, 0.15) is 23.6 Å². The number of amides is 1. The number of halogens is 5. The average Bonchev–Trinajstić information content (AvgIpc) is 3.10. The van der Waals surface area contributed by atoms with Crippen LogP contribution in [0.4, 0.5) is 23.4 Å². The molecule has 0 aliphatic rings. The van der Waals surface area contributed by atoms with Crippen LogP contribution in [0, 0.1) is 11.7 Å². The molecular weight excluding hydrogens is 440 g/mol. The molecule has 0 unspecified atom stereocenters. The largest absolute Gasteiger partial charge is 0.405 e. The van der Waals surface area contributed by atoms with Gasteiger partial charge in [0.2, 0.25) is 5.91 Å². The van der Waals surface area contributed by atoms with E-state index in [1.807, 2.05) is 5.32 Å². The molecule has 3 aromatic rings. The number of nitrogens with zero attached hydrogens (tertiary/aromatic N) is 3. The van der Waals surface area contributed by atoms with E-state index in [1.165, 1.54) is 13.1 Å². The van der Waals surface area contributed by atoms with E-state index in [9.17, 15) is 22.4 Å². The first-order valence-corrected chi connectivity index (χ1v) is 9.57. The summed E-state index contributed by atoms with van der Waals surface area (Å²) in [6.45, 7) is 3.11. The molecular formula is C19H23ClF4N6O. The van der Waals surface area contributed by atoms with E-state index in [-0.39, 0.29) is 14.5 Å². The maximum Gasteiger partial charge on any atom is 0.405 e. The zero-order valence-corrected chi connectivity index (χ0v) is 17.5. The molecule has 3 N–H and O–H groups in total. The summed E-state index contributed by atoms with van der Waals surface area (Å²) in [6, 6.07) is 1.64. The number of aromatic amines is 1. The average molecular weight is 463 g/mol. The van der Waals surface area contributed by atoms with Crippen molar-refractivity contribution in [2.45, 2.75) is 32.5 Å². The van der Waals surface area contributed by atoms with E-state index in [1.54, 1.807) is 26.1 Å². The molecule has 170 valence electrons. The Balaban J connectivity index is 0.00000272. The molecule has 0 bridgehead atoms. The first kappa shape index (κ1) is 22.7. The van der Waals surface area contributed by atoms with Crippen LogP contribution in [0.3, 0.4) is 0 Å². The normalized spacial score (nSPS) is 14.0. The smallest absolute Gasteiger partial charge is 0.353 e. The zero-order valence-electron chi connectivity index (χ0n) is 16.7. The molecule has 1 atom stereocenters. The number of alkyl halides is 3. The molecule has 0 saturated heterocycles. The van der Waals surface area contributed by atoms with Crippen LogP contribution in [-0.2, 0) is 4.79 Å². The van der Waals surface area contributed by atoms with Crippen LogP contribution in [0.25, 0.3) is 22.4 Å². The van der Waals surface area contributed by atoms with Gasteiger partial charge in [-0.15, -0.1) is 0 Å². The summed E-state index contributed by atoms with van der Waals surface area (Å²) < 4.78 is 52.1. The minimum absolute atomic E-state index is 0. The molecule has 7 nitrogen and oxygen atoms in total. The summed E-state index contributed by atoms with van der Waals surface area (Å²) in [6.07, 6.45) is -0.639. The van der Waals surface area contributed by atoms with Gasteiger partial charge in [0, 0.05) is 26.2 Å². The van der Waals surface area contributed by atoms with E-state index in [0.717, 1.165) is 6.20 Å². The summed E-state index contributed by atoms with van der Waals surface area (Å²) in [5.41, 5.74) is -0.579. The van der Waals surface area contributed by atoms with Crippen LogP contribution in [-0.4, -0.2) is 44.1 Å². The summed E-state index contributed by atoms with van der Waals surface area (Å²) in [5.74, 6) is -2.53. The van der Waals surface area contributed by atoms with Crippen molar-refractivity contribution in [2.75, 3.05) is 11.9 Å². The highest BCUT2D eigenvalue weighted by atomic mass is 35.5. The van der Waals surface area contributed by atoms with Crippen LogP contribution < -0.4 is 10.6 Å². The topological polar surface area (TPSA) is 95.6 Å². The Morgan fingerprint density at radius 1 is 1.29 bits per heavy atom. The third-order valence-electron chi connectivity index (χ3n) is 4.94. The van der Waals surface area contributed by atoms with E-state index in [0.29, 0.717) is 21.6 Å². The Bertz CT molecular complexity index is 1130. The zero-order chi connectivity index (χ0) is 23.0. The molecule has 0 saturated carbocycles. The van der Waals surface area contributed by atoms with Gasteiger partial charge in [-0.2, -0.15) is 13.2 Å². The number of carbonyl (C=O) groups is 1. The second-order valence-corrected chi connectivity index (χ2v) is 7.86. The Hall–Kier alpha value is -2.95. The number of pyridine rings is 1. The number of nitrogens with one attached hydrogen (secondary N) is 3. The third-order valence-corrected chi connectivity index (χ3v) is 5.14. The molecule has 0 aliphatic carbocycles. The number of H-pyrrole nitrogens is 1. The lowest BCUT2D eigenvalue weighted by Crippen LogP contribution is -2.55. The van der Waals surface area contributed by atoms with E-state index in [4.69, 9.17) is 11.6 Å². The molecule has 12 heteroatoms. The van der Waals surface area contributed by atoms with Gasteiger partial charge < -0.3 is 15.6 Å². The standard InChI is InChI=1S/C19H19ClF4N6O.2H2/c1-9(2)18(3,17(31)28-8-19(22,23)24)30-16-13(21)7-27-15(29-16)12-6-26-14-11(12)4-10(20)5-25-14;;/h4-7,9H,8H2,1-3H3,(H,25,26)(H,28,31)(H,27,29,30);2*1H/t18-;;/m0../s1. The fourth-order valence-corrected chi connectivity index (χ4v) is 2.98. The summed E-state index contributed by atoms with van der Waals surface area (Å²) >= 11 is 6.00. The van der Waals surface area contributed by atoms with Crippen molar-refractivity contribution >= 4 is 34.4 Å². The molecule has 0 spiro atoms. The van der Waals surface area contributed by atoms with Crippen molar-refractivity contribution in [2.24, 2.45) is 5.92 Å². The van der Waals surface area contributed by atoms with E-state index in [2.05, 4.69) is 25.3 Å². The molecule has 3 rings (SSSR count). The third kappa shape index (κ3) is 4.87. The first-order valence-electron chi connectivity index (χ1n) is 9.19. The number of carbonyl (C=O) groups excluding carboxylic acids is 1. The molecule has 1 amide bonds. The maximum absolute atomic E-state index is 14.5. The van der Waals surface area contributed by atoms with Gasteiger partial charge in [-0.25, -0.2) is 19.3 Å². The molecule has 31 heavy (non-hydrogen) atoms. The van der Waals surface area contributed by atoms with Gasteiger partial charge >= 0.3 is 6.18 Å². The van der Waals surface area contributed by atoms with Crippen molar-refractivity contribution < 1.29 is 25.2 Å². The molecule has 0 fully saturated rings. The fraction of sp³-hybridized carbons (Fsp3) is 0.368. The summed E-state index contributed by atoms with van der Waals surface area (Å²) in [7, 11) is 0. The molecule has 0 radical (unpaired) electrons. The van der Waals surface area contributed by atoms with Gasteiger partial charge in [0.05, 0.1) is 11.2 Å². The van der Waals surface area contributed by atoms with Gasteiger partial charge in [-0.05, 0) is 18.9 Å². The predicted molar refractivity (Wildman–Crippen MR) is 112 cm³/mol. The van der Waals surface area contributed by atoms with Crippen molar-refractivity contribution in [3.8, 4) is 11.4 Å². The van der Waals surface area contributed by atoms with E-state index >= 15 is 0 Å². The highest BCUT2D eigenvalue weighted by molar-refractivity contribution is 6.31. The highest BCUT2D eigenvalue weighted by Gasteiger charge is 2.39. The lowest BCUT2D eigenvalue weighted by atomic mass is 9.87. The van der Waals surface area contributed by atoms with Gasteiger partial charge in [0.1, 0.15) is 17.7 Å². The number of aromatic nitrogens is 4. The second-order valence-electron chi connectivity index (χ2n) is 7.42. The Morgan fingerprint density at radius 3 is 2.65 bits per heavy atom. The number of fused-ring (bicyclic) bond motifs is 1. The number of hydrogen-bond donors (Lipinski definition) is 3. The van der Waals surface area contributed by atoms with Crippen molar-refractivity contribution in [3.05, 3.63) is 35.5 Å². The van der Waals surface area contributed by atoms with Crippen molar-refractivity contribution in [1.29, 1.82) is 0 Å². The minimum atomic E-state index is -4.58. The maximum atomic E-state index is 14.5. The highest BCUT2D eigenvalue weighted by Crippen LogP contribution is 2.30. The van der Waals surface area contributed by atoms with Crippen LogP contribution in [0.15, 0.2) is 24.7 Å². The van der Waals surface area contributed by atoms with Crippen LogP contribution in [0.2, 0.25) is 5.02 Å². The quantitative estimate of drug-likeness (QED) is 0.457. The molecule has 0 aliphatic heterocycles. The van der Waals surface area contributed by atoms with Crippen LogP contribution in [0.5, 0.6) is 0 Å². The summed E-state index contributed by atoms with van der Waals surface area (Å²) in [4.78, 5) is 27.7. The van der Waals surface area contributed by atoms with Crippen LogP contribution >= 0.6 is 11.6 Å². The second kappa shape index (κ2) is 8.29. The Morgan fingerprint density at radius 2 is 2.00 bits per heavy atom. The monoisotopic (exact) mass is 462 g/mol. The first-order chi connectivity index (χ1) is 14.4. The molecule has 3 heterocycles. The predicted octanol–water partition coefficient (Wildman–Crippen LogP) is 4.81. The lowest BCUT2D eigenvalue weighted by Gasteiger charge is -2.34. The lowest BCUT2D eigenvalue weighted by molar-refractivity contribution is -0.141. The molecule has 3 aromatic heterocycles. The fourth-order valence-electron chi connectivity index (χ4n) is 2.82.